The van der Waals surface area contributed by atoms with Gasteiger partial charge in [0.2, 0.25) is 5.92 Å². The summed E-state index contributed by atoms with van der Waals surface area (Å²) in [7, 11) is 0. The van der Waals surface area contributed by atoms with Crippen molar-refractivity contribution in [2.45, 2.75) is 37.1 Å². The number of ketones is 1. The molecule has 0 atom stereocenters. The minimum absolute atomic E-state index is 0.147. The van der Waals surface area contributed by atoms with Crippen molar-refractivity contribution in [1.82, 2.24) is 20.2 Å². The van der Waals surface area contributed by atoms with Gasteiger partial charge in [-0.3, -0.25) is 24.5 Å². The topological polar surface area (TPSA) is 92.3 Å². The predicted molar refractivity (Wildman–Crippen MR) is 116 cm³/mol. The van der Waals surface area contributed by atoms with Gasteiger partial charge in [-0.2, -0.15) is 0 Å². The number of carbonyl (C=O) groups excluding carboxylic acids is 3. The van der Waals surface area contributed by atoms with Gasteiger partial charge >= 0.3 is 6.03 Å². The average Bonchev–Trinajstić information content (AvgIpc) is 3.05. The number of carbonyl (C=O) groups is 3. The predicted octanol–water partition coefficient (Wildman–Crippen LogP) is 3.98. The second kappa shape index (κ2) is 7.68. The quantitative estimate of drug-likeness (QED) is 0.480. The summed E-state index contributed by atoms with van der Waals surface area (Å²) in [6.07, 6.45) is 1.85. The number of nitrogens with zero attached hydrogens (tertiary/aromatic N) is 3. The fourth-order valence-electron chi connectivity index (χ4n) is 4.47. The number of benzene rings is 1. The van der Waals surface area contributed by atoms with Crippen LogP contribution < -0.4 is 5.32 Å². The number of halogens is 2. The van der Waals surface area contributed by atoms with E-state index >= 15 is 0 Å². The van der Waals surface area contributed by atoms with E-state index in [1.54, 1.807) is 18.3 Å². The number of hydrogen-bond acceptors (Lipinski definition) is 5. The van der Waals surface area contributed by atoms with Crippen LogP contribution in [0.5, 0.6) is 0 Å². The molecule has 5 rings (SSSR count). The molecule has 2 aromatic heterocycles. The molecule has 1 saturated carbocycles. The SMILES string of the molecule is O=C(CN1C(=O)NC2(CCC(F)(F)CC2)C1=O)c1ccc(-c2ccnc3ccccc23)nc1. The summed E-state index contributed by atoms with van der Waals surface area (Å²) >= 11 is 0. The van der Waals surface area contributed by atoms with Crippen LogP contribution in [0.3, 0.4) is 0 Å². The van der Waals surface area contributed by atoms with Crippen molar-refractivity contribution in [2.75, 3.05) is 6.54 Å². The monoisotopic (exact) mass is 450 g/mol. The van der Waals surface area contributed by atoms with Gasteiger partial charge < -0.3 is 5.32 Å². The Labute approximate surface area is 187 Å². The van der Waals surface area contributed by atoms with E-state index in [0.717, 1.165) is 21.4 Å². The minimum atomic E-state index is -2.84. The zero-order valence-corrected chi connectivity index (χ0v) is 17.6. The third-order valence-electron chi connectivity index (χ3n) is 6.39. The molecule has 2 fully saturated rings. The second-order valence-electron chi connectivity index (χ2n) is 8.49. The number of fused-ring (bicyclic) bond motifs is 1. The number of pyridine rings is 2. The first-order valence-electron chi connectivity index (χ1n) is 10.6. The summed E-state index contributed by atoms with van der Waals surface area (Å²) < 4.78 is 27.1. The van der Waals surface area contributed by atoms with Gasteiger partial charge in [-0.15, -0.1) is 0 Å². The highest BCUT2D eigenvalue weighted by molar-refractivity contribution is 6.11. The van der Waals surface area contributed by atoms with E-state index < -0.39 is 48.6 Å². The standard InChI is InChI=1S/C24H20F2N4O3/c25-24(26)10-8-23(9-11-24)21(32)30(22(33)29-23)14-20(31)15-5-6-19(28-13-15)17-7-12-27-18-4-2-1-3-16(17)18/h1-7,12-13H,8-11,14H2,(H,29,33). The number of para-hydroxylation sites is 1. The molecule has 3 amide bonds. The van der Waals surface area contributed by atoms with Gasteiger partial charge in [0.25, 0.3) is 5.91 Å². The van der Waals surface area contributed by atoms with Crippen LogP contribution in [0.2, 0.25) is 0 Å². The second-order valence-corrected chi connectivity index (χ2v) is 8.49. The molecule has 1 saturated heterocycles. The molecule has 1 N–H and O–H groups in total. The lowest BCUT2D eigenvalue weighted by Crippen LogP contribution is -2.51. The van der Waals surface area contributed by atoms with Crippen molar-refractivity contribution >= 4 is 28.6 Å². The van der Waals surface area contributed by atoms with Gasteiger partial charge in [-0.05, 0) is 37.1 Å². The number of imide groups is 1. The highest BCUT2D eigenvalue weighted by Crippen LogP contribution is 2.41. The summed E-state index contributed by atoms with van der Waals surface area (Å²) in [4.78, 5) is 47.6. The molecule has 1 aliphatic heterocycles. The van der Waals surface area contributed by atoms with Crippen molar-refractivity contribution in [3.8, 4) is 11.3 Å². The zero-order valence-electron chi connectivity index (χ0n) is 17.6. The molecular formula is C24H20F2N4O3. The molecule has 1 aromatic carbocycles. The largest absolute Gasteiger partial charge is 0.325 e. The van der Waals surface area contributed by atoms with Crippen molar-refractivity contribution in [3.05, 3.63) is 60.4 Å². The van der Waals surface area contributed by atoms with Crippen LogP contribution in [-0.4, -0.2) is 50.6 Å². The van der Waals surface area contributed by atoms with Crippen molar-refractivity contribution in [3.63, 3.8) is 0 Å². The van der Waals surface area contributed by atoms with Crippen LogP contribution in [0.1, 0.15) is 36.0 Å². The van der Waals surface area contributed by atoms with Crippen LogP contribution in [0, 0.1) is 0 Å². The van der Waals surface area contributed by atoms with E-state index in [1.165, 1.54) is 6.20 Å². The van der Waals surface area contributed by atoms with Crippen molar-refractivity contribution in [2.24, 2.45) is 0 Å². The third kappa shape index (κ3) is 3.73. The minimum Gasteiger partial charge on any atom is -0.323 e. The maximum atomic E-state index is 13.5. The molecular weight excluding hydrogens is 430 g/mol. The summed E-state index contributed by atoms with van der Waals surface area (Å²) in [6, 6.07) is 12.0. The summed E-state index contributed by atoms with van der Waals surface area (Å²) in [5.74, 6) is -3.92. The normalized spacial score (nSPS) is 19.2. The van der Waals surface area contributed by atoms with Crippen LogP contribution in [0.15, 0.2) is 54.9 Å². The fourth-order valence-corrected chi connectivity index (χ4v) is 4.47. The van der Waals surface area contributed by atoms with Gasteiger partial charge in [-0.1, -0.05) is 18.2 Å². The molecule has 1 spiro atoms. The van der Waals surface area contributed by atoms with Crippen LogP contribution in [0.25, 0.3) is 22.2 Å². The van der Waals surface area contributed by atoms with Crippen LogP contribution >= 0.6 is 0 Å². The van der Waals surface area contributed by atoms with Gasteiger partial charge in [0.15, 0.2) is 5.78 Å². The highest BCUT2D eigenvalue weighted by atomic mass is 19.3. The smallest absolute Gasteiger partial charge is 0.323 e. The Bertz CT molecular complexity index is 1260. The van der Waals surface area contributed by atoms with E-state index in [2.05, 4.69) is 15.3 Å². The summed E-state index contributed by atoms with van der Waals surface area (Å²) in [6.45, 7) is -0.470. The molecule has 1 aliphatic carbocycles. The maximum absolute atomic E-state index is 13.5. The molecule has 0 bridgehead atoms. The van der Waals surface area contributed by atoms with E-state index in [9.17, 15) is 23.2 Å². The summed E-state index contributed by atoms with van der Waals surface area (Å²) in [5.41, 5.74) is 1.24. The zero-order chi connectivity index (χ0) is 23.2. The van der Waals surface area contributed by atoms with Gasteiger partial charge in [0.1, 0.15) is 5.54 Å². The van der Waals surface area contributed by atoms with E-state index in [4.69, 9.17) is 0 Å². The molecule has 0 unspecified atom stereocenters. The number of nitrogens with one attached hydrogen (secondary N) is 1. The highest BCUT2D eigenvalue weighted by Gasteiger charge is 2.55. The van der Waals surface area contributed by atoms with E-state index in [1.807, 2.05) is 30.3 Å². The molecule has 3 aromatic rings. The van der Waals surface area contributed by atoms with Gasteiger partial charge in [0.05, 0.1) is 17.8 Å². The number of urea groups is 1. The molecule has 3 heterocycles. The molecule has 0 radical (unpaired) electrons. The van der Waals surface area contributed by atoms with Crippen LogP contribution in [-0.2, 0) is 4.79 Å². The van der Waals surface area contributed by atoms with Crippen LogP contribution in [0.4, 0.5) is 13.6 Å². The Balaban J connectivity index is 1.32. The average molecular weight is 450 g/mol. The Morgan fingerprint density at radius 1 is 1.00 bits per heavy atom. The number of alkyl halides is 2. The lowest BCUT2D eigenvalue weighted by molar-refractivity contribution is -0.135. The number of aromatic nitrogens is 2. The summed E-state index contributed by atoms with van der Waals surface area (Å²) in [5, 5.41) is 3.47. The first-order valence-corrected chi connectivity index (χ1v) is 10.6. The number of Topliss-reactive ketones (excluding diaryl/α,β-unsaturated/α-hetero) is 1. The molecule has 2 aliphatic rings. The van der Waals surface area contributed by atoms with Crippen molar-refractivity contribution in [1.29, 1.82) is 0 Å². The maximum Gasteiger partial charge on any atom is 0.325 e. The molecule has 7 nitrogen and oxygen atoms in total. The molecule has 33 heavy (non-hydrogen) atoms. The Hall–Kier alpha value is -3.75. The number of hydrogen-bond donors (Lipinski definition) is 1. The van der Waals surface area contributed by atoms with Gasteiger partial charge in [-0.25, -0.2) is 13.6 Å². The first kappa shape index (κ1) is 21.1. The Morgan fingerprint density at radius 2 is 1.76 bits per heavy atom. The first-order chi connectivity index (χ1) is 15.8. The lowest BCUT2D eigenvalue weighted by Gasteiger charge is -2.34. The van der Waals surface area contributed by atoms with E-state index in [-0.39, 0.29) is 18.4 Å². The molecule has 9 heteroatoms. The fraction of sp³-hybridized carbons (Fsp3) is 0.292. The number of rotatable bonds is 4. The lowest BCUT2D eigenvalue weighted by atomic mass is 9.80. The van der Waals surface area contributed by atoms with Gasteiger partial charge in [0, 0.05) is 41.7 Å². The molecule has 168 valence electrons. The van der Waals surface area contributed by atoms with Crippen molar-refractivity contribution < 1.29 is 23.2 Å². The Morgan fingerprint density at radius 3 is 2.48 bits per heavy atom. The Kier molecular flexibility index (Phi) is 4.92. The number of amides is 3. The van der Waals surface area contributed by atoms with E-state index in [0.29, 0.717) is 5.69 Å². The third-order valence-corrected chi connectivity index (χ3v) is 6.39.